The third kappa shape index (κ3) is 10.7. The average Bonchev–Trinajstić information content (AvgIpc) is 4.10. The zero-order chi connectivity index (χ0) is 54.3. The van der Waals surface area contributed by atoms with E-state index in [1.807, 2.05) is 23.6 Å². The van der Waals surface area contributed by atoms with Crippen molar-refractivity contribution in [2.75, 3.05) is 4.90 Å². The summed E-state index contributed by atoms with van der Waals surface area (Å²) in [6.45, 7) is 24.7. The molecule has 4 aromatic carbocycles. The minimum absolute atomic E-state index is 0. The predicted molar refractivity (Wildman–Crippen MR) is 309 cm³/mol. The number of halogens is 1. The molecular formula is C64H75FGeIrN5S. The van der Waals surface area contributed by atoms with Gasteiger partial charge in [-0.15, -0.1) is 16.6 Å². The van der Waals surface area contributed by atoms with E-state index in [0.29, 0.717) is 23.4 Å². The Hall–Kier alpha value is -4.47. The number of nitrogens with zero attached hydrogens (tertiary/aromatic N) is 5. The van der Waals surface area contributed by atoms with Crippen molar-refractivity contribution >= 4 is 77.3 Å². The maximum atomic E-state index is 14.8. The third-order valence-corrected chi connectivity index (χ3v) is 20.5. The van der Waals surface area contributed by atoms with Gasteiger partial charge in [0.05, 0.1) is 11.2 Å². The standard InChI is InChI=1S/C45H50N4S.C19H25FGeN.Ir/c1-25(2)35-23-31(45(7,8)9)24-36(26(3)4)40(35)49-41-38(21-19-30-18-17-27(5)46-39(30)41)47-43(49)34-16-12-15-32-33-20-22-37(48-44(33)50-42(32)34)28(6)29-13-10-11-14-29;1-13-9-8-10-14(18(13)20)17-11-15(19(2,3)4)16(12-22-17)21(5,6)7;/h12,15,17-26,28-29,43H,10-11,13-14H2,1-9H3;8-9,11-12H,1-7H3;/q-2;-1;+3/i;1D3;. The van der Waals surface area contributed by atoms with Crippen LogP contribution in [-0.4, -0.2) is 28.2 Å². The van der Waals surface area contributed by atoms with Gasteiger partial charge in [0, 0.05) is 28.4 Å². The van der Waals surface area contributed by atoms with Crippen molar-refractivity contribution in [1.29, 1.82) is 0 Å². The molecule has 4 aromatic heterocycles. The van der Waals surface area contributed by atoms with Gasteiger partial charge in [0.1, 0.15) is 4.83 Å². The van der Waals surface area contributed by atoms with Crippen molar-refractivity contribution in [3.8, 4) is 11.3 Å². The number of thiophene rings is 1. The minimum atomic E-state index is -2.50. The van der Waals surface area contributed by atoms with E-state index in [1.165, 1.54) is 85.8 Å². The molecule has 10 rings (SSSR count). The van der Waals surface area contributed by atoms with Crippen LogP contribution in [0.3, 0.4) is 0 Å². The SMILES string of the molecule is Cc1ccc2ccc3c(c2n1)N(c1c(C(C)C)cc(C(C)(C)C)cc1C(C)C)C(c1[c-]ccc2c1sc1nc(C(C)C4CCCC4)ccc12)[N-]3.[2H]C([2H])([2H])c1cc[c-]c(-c2cc(C(C)(C)C)[c]([Ge]([CH3])([CH3])[CH3])cn2)c1F.[Ir+3]. The van der Waals surface area contributed by atoms with Crippen molar-refractivity contribution < 1.29 is 28.6 Å². The summed E-state index contributed by atoms with van der Waals surface area (Å²) < 4.78 is 39.8. The smallest absolute Gasteiger partial charge is 3.00 e. The fourth-order valence-corrected chi connectivity index (χ4v) is 15.7. The van der Waals surface area contributed by atoms with Crippen molar-refractivity contribution in [2.45, 2.75) is 168 Å². The number of hydrogen-bond acceptors (Lipinski definition) is 5. The second-order valence-corrected chi connectivity index (χ2v) is 35.8. The third-order valence-electron chi connectivity index (χ3n) is 15.1. The van der Waals surface area contributed by atoms with E-state index in [-0.39, 0.29) is 48.2 Å². The van der Waals surface area contributed by atoms with Gasteiger partial charge in [-0.1, -0.05) is 109 Å². The molecule has 5 heterocycles. The summed E-state index contributed by atoms with van der Waals surface area (Å²) in [5, 5.41) is 9.20. The molecule has 0 spiro atoms. The summed E-state index contributed by atoms with van der Waals surface area (Å²) >= 11 is -0.342. The first kappa shape index (κ1) is 50.7. The van der Waals surface area contributed by atoms with Crippen LogP contribution < -0.4 is 9.30 Å². The van der Waals surface area contributed by atoms with E-state index in [2.05, 4.69) is 183 Å². The molecule has 382 valence electrons. The first-order chi connectivity index (χ1) is 35.1. The number of pyridine rings is 3. The number of hydrogen-bond donors (Lipinski definition) is 0. The molecule has 8 aromatic rings. The Morgan fingerprint density at radius 3 is 2.11 bits per heavy atom. The van der Waals surface area contributed by atoms with Crippen LogP contribution in [-0.2, 0) is 30.9 Å². The van der Waals surface area contributed by atoms with Gasteiger partial charge in [0.15, 0.2) is 0 Å². The molecule has 0 bridgehead atoms. The molecule has 0 amide bonds. The van der Waals surface area contributed by atoms with Crippen LogP contribution in [0.25, 0.3) is 47.8 Å². The van der Waals surface area contributed by atoms with E-state index in [9.17, 15) is 4.39 Å². The van der Waals surface area contributed by atoms with Gasteiger partial charge >= 0.3 is 160 Å². The van der Waals surface area contributed by atoms with Crippen LogP contribution in [0.1, 0.15) is 175 Å². The van der Waals surface area contributed by atoms with E-state index < -0.39 is 25.9 Å². The molecule has 0 saturated heterocycles. The number of benzene rings is 4. The molecule has 73 heavy (non-hydrogen) atoms. The Kier molecular flexibility index (Phi) is 14.5. The molecule has 5 nitrogen and oxygen atoms in total. The summed E-state index contributed by atoms with van der Waals surface area (Å²) in [4.78, 5) is 18.7. The molecule has 1 saturated carbocycles. The zero-order valence-electron chi connectivity index (χ0n) is 48.7. The van der Waals surface area contributed by atoms with Crippen LogP contribution in [0, 0.1) is 37.6 Å². The average molecular weight is 1230 g/mol. The van der Waals surface area contributed by atoms with Crippen LogP contribution >= 0.6 is 11.3 Å². The first-order valence-corrected chi connectivity index (χ1v) is 34.3. The number of rotatable bonds is 8. The predicted octanol–water partition coefficient (Wildman–Crippen LogP) is 18.6. The second-order valence-electron chi connectivity index (χ2n) is 24.2. The quantitative estimate of drug-likeness (QED) is 0.112. The van der Waals surface area contributed by atoms with E-state index in [1.54, 1.807) is 0 Å². The molecule has 2 aliphatic rings. The molecule has 0 radical (unpaired) electrons. The van der Waals surface area contributed by atoms with Gasteiger partial charge in [0.2, 0.25) is 0 Å². The molecule has 2 unspecified atom stereocenters. The normalized spacial score (nSPS) is 16.5. The number of anilines is 2. The minimum Gasteiger partial charge on any atom is 3.00 e. The summed E-state index contributed by atoms with van der Waals surface area (Å²) in [6, 6.07) is 33.8. The molecule has 1 aliphatic heterocycles. The summed E-state index contributed by atoms with van der Waals surface area (Å²) in [7, 11) is 0. The number of fused-ring (bicyclic) bond motifs is 6. The van der Waals surface area contributed by atoms with Crippen LogP contribution in [0.15, 0.2) is 85.1 Å². The van der Waals surface area contributed by atoms with Crippen molar-refractivity contribution in [3.05, 3.63) is 153 Å². The number of aromatic nitrogens is 3. The second kappa shape index (κ2) is 20.9. The van der Waals surface area contributed by atoms with Crippen LogP contribution in [0.4, 0.5) is 21.5 Å². The Morgan fingerprint density at radius 2 is 1.48 bits per heavy atom. The zero-order valence-corrected chi connectivity index (χ0v) is 51.0. The van der Waals surface area contributed by atoms with Crippen molar-refractivity contribution in [3.63, 3.8) is 0 Å². The van der Waals surface area contributed by atoms with Gasteiger partial charge < -0.3 is 10.2 Å². The number of aryl methyl sites for hydroxylation is 2. The van der Waals surface area contributed by atoms with Crippen molar-refractivity contribution in [2.24, 2.45) is 5.92 Å². The monoisotopic (exact) mass is 1230 g/mol. The summed E-state index contributed by atoms with van der Waals surface area (Å²) in [6.07, 6.45) is 6.91. The molecule has 9 heteroatoms. The van der Waals surface area contributed by atoms with Crippen molar-refractivity contribution in [1.82, 2.24) is 15.0 Å². The van der Waals surface area contributed by atoms with E-state index >= 15 is 0 Å². The van der Waals surface area contributed by atoms with Gasteiger partial charge in [-0.05, 0) is 83.3 Å². The maximum absolute atomic E-state index is 14.8. The Balaban J connectivity index is 0.000000249. The fraction of sp³-hybridized carbons (Fsp3) is 0.422. The Labute approximate surface area is 460 Å². The van der Waals surface area contributed by atoms with Crippen LogP contribution in [0.2, 0.25) is 17.3 Å². The first-order valence-electron chi connectivity index (χ1n) is 27.7. The summed E-state index contributed by atoms with van der Waals surface area (Å²) in [5.41, 5.74) is 13.1. The summed E-state index contributed by atoms with van der Waals surface area (Å²) in [5.74, 6) is 7.98. The molecular weight excluding hydrogens is 1150 g/mol. The molecule has 1 aliphatic carbocycles. The molecule has 2 atom stereocenters. The van der Waals surface area contributed by atoms with Gasteiger partial charge in [-0.2, -0.15) is 29.5 Å². The fourth-order valence-electron chi connectivity index (χ4n) is 10.9. The Morgan fingerprint density at radius 1 is 0.808 bits per heavy atom. The largest absolute Gasteiger partial charge is 3.00 e. The van der Waals surface area contributed by atoms with Crippen LogP contribution in [0.5, 0.6) is 0 Å². The van der Waals surface area contributed by atoms with Gasteiger partial charge in [-0.3, -0.25) is 4.98 Å². The Bertz CT molecular complexity index is 3420. The topological polar surface area (TPSA) is 56.0 Å². The molecule has 1 fully saturated rings. The molecule has 0 N–H and O–H groups in total. The van der Waals surface area contributed by atoms with E-state index in [0.717, 1.165) is 49.8 Å². The van der Waals surface area contributed by atoms with Gasteiger partial charge in [0.25, 0.3) is 0 Å². The maximum Gasteiger partial charge on any atom is 3.00 e. The van der Waals surface area contributed by atoms with E-state index in [4.69, 9.17) is 19.4 Å². The van der Waals surface area contributed by atoms with Gasteiger partial charge in [-0.25, -0.2) is 4.98 Å².